The maximum atomic E-state index is 13.8. The van der Waals surface area contributed by atoms with Crippen LogP contribution in [0.15, 0.2) is 47.0 Å². The molecule has 0 radical (unpaired) electrons. The Labute approximate surface area is 205 Å². The molecule has 0 spiro atoms. The SMILES string of the molecule is CCO[C@@H]1OC(C(=O)N2CCOCC2)=C[C@H](c2c(C)n(C)n(-c3ccccc3)c2=O)[C@@H]1CCCO. The molecule has 3 atom stereocenters. The summed E-state index contributed by atoms with van der Waals surface area (Å²) in [6.45, 7) is 6.15. The first-order chi connectivity index (χ1) is 17.0. The Kier molecular flexibility index (Phi) is 8.10. The van der Waals surface area contributed by atoms with Gasteiger partial charge in [0.25, 0.3) is 11.5 Å². The molecule has 3 heterocycles. The molecule has 0 aliphatic carbocycles. The van der Waals surface area contributed by atoms with E-state index < -0.39 is 12.2 Å². The highest BCUT2D eigenvalue weighted by Gasteiger charge is 2.41. The molecule has 9 nitrogen and oxygen atoms in total. The first kappa shape index (κ1) is 25.2. The van der Waals surface area contributed by atoms with E-state index in [-0.39, 0.29) is 29.8 Å². The van der Waals surface area contributed by atoms with Gasteiger partial charge in [-0.05, 0) is 44.9 Å². The van der Waals surface area contributed by atoms with Gasteiger partial charge in [0.05, 0.1) is 18.9 Å². The molecular weight excluding hydrogens is 450 g/mol. The highest BCUT2D eigenvalue weighted by atomic mass is 16.7. The standard InChI is InChI=1S/C26H35N3O6/c1-4-34-26-20(11-8-14-30)21(17-22(35-26)24(31)28-12-15-33-16-13-28)23-18(2)27(3)29(25(23)32)19-9-6-5-7-10-19/h5-7,9-10,17,20-21,26,30H,4,8,11-16H2,1-3H3/t20-,21-,26+/m0/s1. The Bertz CT molecular complexity index is 1100. The molecule has 190 valence electrons. The van der Waals surface area contributed by atoms with Crippen LogP contribution in [0.2, 0.25) is 0 Å². The third-order valence-corrected chi connectivity index (χ3v) is 6.85. The Morgan fingerprint density at radius 3 is 2.57 bits per heavy atom. The number of para-hydroxylation sites is 1. The molecule has 1 aromatic carbocycles. The van der Waals surface area contributed by atoms with E-state index in [0.717, 1.165) is 11.4 Å². The van der Waals surface area contributed by atoms with E-state index in [1.807, 2.05) is 55.9 Å². The minimum atomic E-state index is -0.703. The van der Waals surface area contributed by atoms with Crippen molar-refractivity contribution in [3.63, 3.8) is 0 Å². The summed E-state index contributed by atoms with van der Waals surface area (Å²) in [7, 11) is 1.86. The van der Waals surface area contributed by atoms with Crippen molar-refractivity contribution in [1.82, 2.24) is 14.3 Å². The number of nitrogens with zero attached hydrogens (tertiary/aromatic N) is 3. The smallest absolute Gasteiger partial charge is 0.288 e. The van der Waals surface area contributed by atoms with Crippen LogP contribution >= 0.6 is 0 Å². The number of hydrogen-bond donors (Lipinski definition) is 1. The fraction of sp³-hybridized carbons (Fsp3) is 0.538. The van der Waals surface area contributed by atoms with Gasteiger partial charge in [-0.15, -0.1) is 0 Å². The van der Waals surface area contributed by atoms with E-state index >= 15 is 0 Å². The number of rotatable bonds is 8. The normalized spacial score (nSPS) is 22.6. The van der Waals surface area contributed by atoms with Gasteiger partial charge < -0.3 is 24.2 Å². The lowest BCUT2D eigenvalue weighted by Crippen LogP contribution is -2.45. The molecule has 1 fully saturated rings. The van der Waals surface area contributed by atoms with Gasteiger partial charge in [0.1, 0.15) is 0 Å². The molecule has 1 amide bonds. The third-order valence-electron chi connectivity index (χ3n) is 6.85. The lowest BCUT2D eigenvalue weighted by molar-refractivity contribution is -0.171. The number of ether oxygens (including phenoxy) is 3. The van der Waals surface area contributed by atoms with Crippen molar-refractivity contribution in [1.29, 1.82) is 0 Å². The number of morpholine rings is 1. The minimum Gasteiger partial charge on any atom is -0.459 e. The van der Waals surface area contributed by atoms with Gasteiger partial charge in [0, 0.05) is 56.4 Å². The van der Waals surface area contributed by atoms with Crippen LogP contribution in [-0.2, 0) is 26.1 Å². The molecule has 1 N–H and O–H groups in total. The van der Waals surface area contributed by atoms with Gasteiger partial charge in [-0.2, -0.15) is 0 Å². The van der Waals surface area contributed by atoms with Crippen molar-refractivity contribution < 1.29 is 24.1 Å². The molecule has 4 rings (SSSR count). The molecule has 9 heteroatoms. The number of benzene rings is 1. The van der Waals surface area contributed by atoms with Gasteiger partial charge in [-0.25, -0.2) is 4.68 Å². The predicted molar refractivity (Wildman–Crippen MR) is 130 cm³/mol. The topological polar surface area (TPSA) is 95.2 Å². The Morgan fingerprint density at radius 1 is 1.20 bits per heavy atom. The van der Waals surface area contributed by atoms with Crippen LogP contribution in [0.3, 0.4) is 0 Å². The summed E-state index contributed by atoms with van der Waals surface area (Å²) < 4.78 is 21.0. The van der Waals surface area contributed by atoms with E-state index in [1.165, 1.54) is 0 Å². The number of amides is 1. The van der Waals surface area contributed by atoms with Crippen molar-refractivity contribution in [2.75, 3.05) is 39.5 Å². The zero-order valence-electron chi connectivity index (χ0n) is 20.7. The van der Waals surface area contributed by atoms with Gasteiger partial charge in [0.15, 0.2) is 5.76 Å². The van der Waals surface area contributed by atoms with Crippen molar-refractivity contribution in [3.05, 3.63) is 63.8 Å². The van der Waals surface area contributed by atoms with E-state index in [0.29, 0.717) is 51.3 Å². The van der Waals surface area contributed by atoms with Gasteiger partial charge >= 0.3 is 0 Å². The number of carbonyl (C=O) groups excluding carboxylic acids is 1. The molecule has 35 heavy (non-hydrogen) atoms. The highest BCUT2D eigenvalue weighted by molar-refractivity contribution is 5.92. The molecule has 2 aromatic rings. The number of aliphatic hydroxyl groups is 1. The fourth-order valence-corrected chi connectivity index (χ4v) is 4.99. The quantitative estimate of drug-likeness (QED) is 0.615. The lowest BCUT2D eigenvalue weighted by Gasteiger charge is -2.38. The molecule has 2 aliphatic rings. The summed E-state index contributed by atoms with van der Waals surface area (Å²) in [5, 5.41) is 9.55. The Morgan fingerprint density at radius 2 is 1.91 bits per heavy atom. The average molecular weight is 486 g/mol. The molecular formula is C26H35N3O6. The number of allylic oxidation sites excluding steroid dienone is 1. The molecule has 1 saturated heterocycles. The summed E-state index contributed by atoms with van der Waals surface area (Å²) in [4.78, 5) is 28.9. The second-order valence-corrected chi connectivity index (χ2v) is 8.91. The molecule has 0 unspecified atom stereocenters. The summed E-state index contributed by atoms with van der Waals surface area (Å²) >= 11 is 0. The zero-order valence-corrected chi connectivity index (χ0v) is 20.7. The van der Waals surface area contributed by atoms with Crippen LogP contribution in [0.25, 0.3) is 5.69 Å². The van der Waals surface area contributed by atoms with Crippen molar-refractivity contribution in [2.45, 2.75) is 38.9 Å². The van der Waals surface area contributed by atoms with Crippen molar-refractivity contribution in [2.24, 2.45) is 13.0 Å². The van der Waals surface area contributed by atoms with E-state index in [2.05, 4.69) is 0 Å². The third kappa shape index (κ3) is 5.07. The van der Waals surface area contributed by atoms with Gasteiger partial charge in [-0.1, -0.05) is 18.2 Å². The van der Waals surface area contributed by atoms with Crippen LogP contribution in [-0.4, -0.2) is 71.1 Å². The van der Waals surface area contributed by atoms with Crippen LogP contribution in [0, 0.1) is 12.8 Å². The number of aromatic nitrogens is 2. The molecule has 1 aromatic heterocycles. The summed E-state index contributed by atoms with van der Waals surface area (Å²) in [6, 6.07) is 9.49. The van der Waals surface area contributed by atoms with Gasteiger partial charge in [0.2, 0.25) is 6.29 Å². The maximum absolute atomic E-state index is 13.8. The van der Waals surface area contributed by atoms with Crippen LogP contribution < -0.4 is 5.56 Å². The summed E-state index contributed by atoms with van der Waals surface area (Å²) in [5.74, 6) is -0.665. The zero-order chi connectivity index (χ0) is 24.9. The summed E-state index contributed by atoms with van der Waals surface area (Å²) in [6.07, 6.45) is 2.20. The van der Waals surface area contributed by atoms with E-state index in [4.69, 9.17) is 14.2 Å². The monoisotopic (exact) mass is 485 g/mol. The first-order valence-electron chi connectivity index (χ1n) is 12.3. The van der Waals surface area contributed by atoms with Crippen LogP contribution in [0.1, 0.15) is 36.9 Å². The second-order valence-electron chi connectivity index (χ2n) is 8.91. The fourth-order valence-electron chi connectivity index (χ4n) is 4.99. The Balaban J connectivity index is 1.82. The minimum absolute atomic E-state index is 0.0212. The van der Waals surface area contributed by atoms with E-state index in [1.54, 1.807) is 15.7 Å². The first-order valence-corrected chi connectivity index (χ1v) is 12.3. The van der Waals surface area contributed by atoms with Gasteiger partial charge in [-0.3, -0.25) is 14.3 Å². The number of aliphatic hydroxyl groups excluding tert-OH is 1. The predicted octanol–water partition coefficient (Wildman–Crippen LogP) is 2.09. The lowest BCUT2D eigenvalue weighted by atomic mass is 9.80. The van der Waals surface area contributed by atoms with Crippen molar-refractivity contribution >= 4 is 5.91 Å². The summed E-state index contributed by atoms with van der Waals surface area (Å²) in [5.41, 5.74) is 2.05. The Hall–Kier alpha value is -2.88. The van der Waals surface area contributed by atoms with Crippen LogP contribution in [0.4, 0.5) is 0 Å². The highest BCUT2D eigenvalue weighted by Crippen LogP contribution is 2.40. The van der Waals surface area contributed by atoms with Crippen molar-refractivity contribution in [3.8, 4) is 5.69 Å². The largest absolute Gasteiger partial charge is 0.459 e. The molecule has 0 saturated carbocycles. The van der Waals surface area contributed by atoms with E-state index in [9.17, 15) is 14.7 Å². The maximum Gasteiger partial charge on any atom is 0.288 e. The number of carbonyl (C=O) groups is 1. The van der Waals surface area contributed by atoms with Crippen LogP contribution in [0.5, 0.6) is 0 Å². The second kappa shape index (κ2) is 11.2. The number of hydrogen-bond acceptors (Lipinski definition) is 6. The molecule has 2 aliphatic heterocycles. The average Bonchev–Trinajstić information content (AvgIpc) is 3.11. The molecule has 0 bridgehead atoms.